The minimum absolute atomic E-state index is 0.0778. The predicted octanol–water partition coefficient (Wildman–Crippen LogP) is 4.79. The minimum Gasteiger partial charge on any atom is -0.496 e. The fourth-order valence-corrected chi connectivity index (χ4v) is 4.57. The van der Waals surface area contributed by atoms with E-state index in [2.05, 4.69) is 15.1 Å². The number of benzene rings is 1. The number of ether oxygens (including phenoxy) is 1. The van der Waals surface area contributed by atoms with Crippen LogP contribution in [0.5, 0.6) is 5.75 Å². The molecule has 1 amide bonds. The number of pyridine rings is 1. The molecule has 0 radical (unpaired) electrons. The maximum atomic E-state index is 13.7. The van der Waals surface area contributed by atoms with Crippen LogP contribution < -0.4 is 4.74 Å². The van der Waals surface area contributed by atoms with Crippen LogP contribution in [-0.2, 0) is 6.42 Å². The molecule has 1 unspecified atom stereocenters. The van der Waals surface area contributed by atoms with Gasteiger partial charge in [-0.25, -0.2) is 9.97 Å². The molecule has 1 fully saturated rings. The topological polar surface area (TPSA) is 94.5 Å². The van der Waals surface area contributed by atoms with Crippen LogP contribution >= 0.6 is 0 Å². The molecule has 5 rings (SSSR count). The van der Waals surface area contributed by atoms with Crippen LogP contribution in [0.3, 0.4) is 0 Å². The number of hydrogen-bond donors (Lipinski definition) is 0. The summed E-state index contributed by atoms with van der Waals surface area (Å²) in [4.78, 5) is 24.5. The van der Waals surface area contributed by atoms with E-state index in [1.54, 1.807) is 13.3 Å². The number of carbonyl (C=O) groups is 1. The highest BCUT2D eigenvalue weighted by Crippen LogP contribution is 2.34. The van der Waals surface area contributed by atoms with Crippen molar-refractivity contribution in [1.29, 1.82) is 0 Å². The molecule has 0 N–H and O–H groups in total. The summed E-state index contributed by atoms with van der Waals surface area (Å²) in [6, 6.07) is 9.44. The molecule has 8 heteroatoms. The standard InChI is InChI=1S/C25H26N4O4/c1-15-12-19(22-16(2)28-33-24(22)27-15)25(30)29-11-7-6-9-20(29)23-26-14-18(32-23)13-17-8-4-5-10-21(17)31-3/h4-5,8,10,12,14,20H,6-7,9,11,13H2,1-3H3. The first-order valence-corrected chi connectivity index (χ1v) is 11.2. The summed E-state index contributed by atoms with van der Waals surface area (Å²) < 4.78 is 16.9. The third-order valence-corrected chi connectivity index (χ3v) is 6.15. The molecule has 1 saturated heterocycles. The zero-order valence-electron chi connectivity index (χ0n) is 19.0. The maximum absolute atomic E-state index is 13.7. The van der Waals surface area contributed by atoms with Gasteiger partial charge >= 0.3 is 0 Å². The van der Waals surface area contributed by atoms with Crippen molar-refractivity contribution in [1.82, 2.24) is 20.0 Å². The first kappa shape index (κ1) is 21.2. The molecule has 1 aliphatic heterocycles. The second-order valence-corrected chi connectivity index (χ2v) is 8.42. The average Bonchev–Trinajstić information content (AvgIpc) is 3.45. The first-order chi connectivity index (χ1) is 16.0. The van der Waals surface area contributed by atoms with Crippen LogP contribution in [-0.4, -0.2) is 39.6 Å². The van der Waals surface area contributed by atoms with Crippen LogP contribution in [0.15, 0.2) is 45.5 Å². The van der Waals surface area contributed by atoms with Crippen LogP contribution in [0.25, 0.3) is 11.1 Å². The second kappa shape index (κ2) is 8.69. The molecule has 8 nitrogen and oxygen atoms in total. The lowest BCUT2D eigenvalue weighted by Crippen LogP contribution is -2.38. The van der Waals surface area contributed by atoms with E-state index in [0.717, 1.165) is 36.3 Å². The fourth-order valence-electron chi connectivity index (χ4n) is 4.57. The van der Waals surface area contributed by atoms with Crippen molar-refractivity contribution in [3.8, 4) is 5.75 Å². The van der Waals surface area contributed by atoms with Crippen molar-refractivity contribution in [3.63, 3.8) is 0 Å². The van der Waals surface area contributed by atoms with Gasteiger partial charge in [0.2, 0.25) is 5.89 Å². The highest BCUT2D eigenvalue weighted by molar-refractivity contribution is 6.06. The molecule has 0 spiro atoms. The number of amides is 1. The van der Waals surface area contributed by atoms with E-state index in [1.807, 2.05) is 49.1 Å². The van der Waals surface area contributed by atoms with Crippen LogP contribution in [0.2, 0.25) is 0 Å². The summed E-state index contributed by atoms with van der Waals surface area (Å²) in [5.74, 6) is 2.04. The maximum Gasteiger partial charge on any atom is 0.258 e. The Morgan fingerprint density at radius 3 is 2.94 bits per heavy atom. The zero-order valence-corrected chi connectivity index (χ0v) is 19.0. The van der Waals surface area contributed by atoms with Crippen LogP contribution in [0.4, 0.5) is 0 Å². The molecule has 3 aromatic heterocycles. The van der Waals surface area contributed by atoms with Gasteiger partial charge in [0.1, 0.15) is 17.6 Å². The summed E-state index contributed by atoms with van der Waals surface area (Å²) in [7, 11) is 1.66. The molecule has 1 aromatic carbocycles. The molecule has 4 heterocycles. The van der Waals surface area contributed by atoms with Gasteiger partial charge in [0.25, 0.3) is 11.6 Å². The fraction of sp³-hybridized carbons (Fsp3) is 0.360. The SMILES string of the molecule is COc1ccccc1Cc1cnc(C2CCCCN2C(=O)c2cc(C)nc3onc(C)c23)o1. The minimum atomic E-state index is -0.221. The molecule has 0 aliphatic carbocycles. The van der Waals surface area contributed by atoms with Gasteiger partial charge in [-0.2, -0.15) is 0 Å². The molecule has 170 valence electrons. The number of hydrogen-bond acceptors (Lipinski definition) is 7. The summed E-state index contributed by atoms with van der Waals surface area (Å²) >= 11 is 0. The largest absolute Gasteiger partial charge is 0.496 e. The van der Waals surface area contributed by atoms with Crippen molar-refractivity contribution in [2.24, 2.45) is 0 Å². The highest BCUT2D eigenvalue weighted by atomic mass is 16.5. The van der Waals surface area contributed by atoms with Gasteiger partial charge in [-0.3, -0.25) is 4.79 Å². The van der Waals surface area contributed by atoms with E-state index in [4.69, 9.17) is 13.7 Å². The van der Waals surface area contributed by atoms with Crippen LogP contribution in [0.1, 0.15) is 64.3 Å². The lowest BCUT2D eigenvalue weighted by atomic mass is 9.99. The third kappa shape index (κ3) is 3.97. The van der Waals surface area contributed by atoms with Gasteiger partial charge in [-0.15, -0.1) is 0 Å². The molecular weight excluding hydrogens is 420 g/mol. The van der Waals surface area contributed by atoms with Crippen LogP contribution in [0, 0.1) is 13.8 Å². The van der Waals surface area contributed by atoms with E-state index in [0.29, 0.717) is 46.9 Å². The van der Waals surface area contributed by atoms with Crippen molar-refractivity contribution in [3.05, 3.63) is 70.7 Å². The summed E-state index contributed by atoms with van der Waals surface area (Å²) in [5.41, 5.74) is 3.34. The van der Waals surface area contributed by atoms with Gasteiger partial charge < -0.3 is 18.6 Å². The molecule has 33 heavy (non-hydrogen) atoms. The van der Waals surface area contributed by atoms with E-state index in [-0.39, 0.29) is 11.9 Å². The Balaban J connectivity index is 1.45. The lowest BCUT2D eigenvalue weighted by Gasteiger charge is -2.34. The Labute approximate surface area is 191 Å². The number of aryl methyl sites for hydroxylation is 2. The molecule has 1 atom stereocenters. The second-order valence-electron chi connectivity index (χ2n) is 8.42. The predicted molar refractivity (Wildman–Crippen MR) is 121 cm³/mol. The summed E-state index contributed by atoms with van der Waals surface area (Å²) in [5, 5.41) is 4.68. The van der Waals surface area contributed by atoms with E-state index in [1.165, 1.54) is 0 Å². The Bertz CT molecular complexity index is 1310. The Kier molecular flexibility index (Phi) is 5.58. The van der Waals surface area contributed by atoms with Gasteiger partial charge in [0, 0.05) is 24.2 Å². The van der Waals surface area contributed by atoms with E-state index >= 15 is 0 Å². The van der Waals surface area contributed by atoms with E-state index in [9.17, 15) is 4.79 Å². The monoisotopic (exact) mass is 446 g/mol. The van der Waals surface area contributed by atoms with Crippen molar-refractivity contribution in [2.45, 2.75) is 45.6 Å². The number of piperidine rings is 1. The van der Waals surface area contributed by atoms with Gasteiger partial charge in [0.05, 0.1) is 30.0 Å². The van der Waals surface area contributed by atoms with Crippen molar-refractivity contribution < 1.29 is 18.5 Å². The number of rotatable bonds is 5. The quantitative estimate of drug-likeness (QED) is 0.435. The first-order valence-electron chi connectivity index (χ1n) is 11.2. The highest BCUT2D eigenvalue weighted by Gasteiger charge is 2.33. The normalized spacial score (nSPS) is 16.3. The van der Waals surface area contributed by atoms with Crippen molar-refractivity contribution >= 4 is 17.0 Å². The van der Waals surface area contributed by atoms with E-state index < -0.39 is 0 Å². The Hall–Kier alpha value is -3.68. The molecule has 1 aliphatic rings. The zero-order chi connectivity index (χ0) is 22.9. The summed E-state index contributed by atoms with van der Waals surface area (Å²) in [6.45, 7) is 4.31. The summed E-state index contributed by atoms with van der Waals surface area (Å²) in [6.07, 6.45) is 5.07. The number of aromatic nitrogens is 3. The Morgan fingerprint density at radius 2 is 2.09 bits per heavy atom. The number of likely N-dealkylation sites (tertiary alicyclic amines) is 1. The average molecular weight is 447 g/mol. The smallest absolute Gasteiger partial charge is 0.258 e. The third-order valence-electron chi connectivity index (χ3n) is 6.15. The number of fused-ring (bicyclic) bond motifs is 1. The number of nitrogens with zero attached hydrogens (tertiary/aromatic N) is 4. The van der Waals surface area contributed by atoms with Gasteiger partial charge in [-0.1, -0.05) is 23.4 Å². The molecule has 4 aromatic rings. The van der Waals surface area contributed by atoms with Crippen molar-refractivity contribution in [2.75, 3.05) is 13.7 Å². The van der Waals surface area contributed by atoms with Gasteiger partial charge in [-0.05, 0) is 45.2 Å². The number of oxazole rings is 1. The lowest BCUT2D eigenvalue weighted by molar-refractivity contribution is 0.0572. The molecule has 0 bridgehead atoms. The van der Waals surface area contributed by atoms with Gasteiger partial charge in [0.15, 0.2) is 0 Å². The number of methoxy groups -OCH3 is 1. The number of para-hydroxylation sites is 1. The molecule has 0 saturated carbocycles. The Morgan fingerprint density at radius 1 is 1.24 bits per heavy atom. The molecular formula is C25H26N4O4. The number of carbonyl (C=O) groups excluding carboxylic acids is 1.